The number of carbonyl (C=O) groups excluding carboxylic acids is 2. The van der Waals surface area contributed by atoms with E-state index in [9.17, 15) is 9.59 Å². The Morgan fingerprint density at radius 2 is 1.62 bits per heavy atom. The van der Waals surface area contributed by atoms with Gasteiger partial charge in [0.2, 0.25) is 11.8 Å². The van der Waals surface area contributed by atoms with Gasteiger partial charge in [-0.15, -0.1) is 0 Å². The molecule has 29 heavy (non-hydrogen) atoms. The van der Waals surface area contributed by atoms with Gasteiger partial charge in [0.15, 0.2) is 11.5 Å². The number of nitrogens with one attached hydrogen (secondary N) is 2. The van der Waals surface area contributed by atoms with Gasteiger partial charge in [-0.3, -0.25) is 9.59 Å². The number of anilines is 2. The van der Waals surface area contributed by atoms with Crippen LogP contribution in [0.2, 0.25) is 0 Å². The van der Waals surface area contributed by atoms with E-state index in [-0.39, 0.29) is 11.8 Å². The van der Waals surface area contributed by atoms with Crippen LogP contribution in [0.1, 0.15) is 24.5 Å². The van der Waals surface area contributed by atoms with Crippen molar-refractivity contribution in [2.45, 2.75) is 26.3 Å². The molecule has 0 atom stereocenters. The maximum Gasteiger partial charge on any atom is 0.224 e. The van der Waals surface area contributed by atoms with Crippen molar-refractivity contribution in [3.05, 3.63) is 47.5 Å². The van der Waals surface area contributed by atoms with Crippen LogP contribution in [0.5, 0.6) is 11.5 Å². The maximum absolute atomic E-state index is 12.6. The molecule has 0 radical (unpaired) electrons. The highest BCUT2D eigenvalue weighted by Crippen LogP contribution is 2.33. The van der Waals surface area contributed by atoms with Gasteiger partial charge in [-0.25, -0.2) is 0 Å². The summed E-state index contributed by atoms with van der Waals surface area (Å²) in [5.74, 6) is 1.42. The molecule has 7 heteroatoms. The second-order valence-corrected chi connectivity index (χ2v) is 6.98. The quantitative estimate of drug-likeness (QED) is 0.751. The van der Waals surface area contributed by atoms with Crippen molar-refractivity contribution in [3.8, 4) is 11.5 Å². The van der Waals surface area contributed by atoms with Crippen LogP contribution in [0.25, 0.3) is 0 Å². The van der Waals surface area contributed by atoms with Crippen molar-refractivity contribution >= 4 is 23.2 Å². The smallest absolute Gasteiger partial charge is 0.224 e. The third-order valence-corrected chi connectivity index (χ3v) is 4.94. The highest BCUT2D eigenvalue weighted by Gasteiger charge is 2.22. The number of carbonyl (C=O) groups is 2. The molecule has 0 saturated carbocycles. The third-order valence-electron chi connectivity index (χ3n) is 4.94. The molecule has 3 rings (SSSR count). The summed E-state index contributed by atoms with van der Waals surface area (Å²) < 4.78 is 10.7. The molecule has 0 spiro atoms. The predicted molar refractivity (Wildman–Crippen MR) is 113 cm³/mol. The number of methoxy groups -OCH3 is 2. The normalized spacial score (nSPS) is 12.7. The Morgan fingerprint density at radius 3 is 2.24 bits per heavy atom. The minimum atomic E-state index is -0.101. The number of ether oxygens (including phenoxy) is 2. The summed E-state index contributed by atoms with van der Waals surface area (Å²) in [5.41, 5.74) is 3.96. The minimum absolute atomic E-state index is 0.101. The molecule has 0 fully saturated rings. The average molecular weight is 397 g/mol. The van der Waals surface area contributed by atoms with Crippen molar-refractivity contribution in [3.63, 3.8) is 0 Å². The number of fused-ring (bicyclic) bond motifs is 1. The van der Waals surface area contributed by atoms with E-state index in [2.05, 4.69) is 10.6 Å². The average Bonchev–Trinajstić information content (AvgIpc) is 2.73. The Labute approximate surface area is 171 Å². The van der Waals surface area contributed by atoms with Crippen molar-refractivity contribution in [1.82, 2.24) is 4.90 Å². The standard InChI is InChI=1S/C22H27N3O4/c1-15(26)24-19-6-4-18(5-7-19)23-10-8-22(27)25-11-9-16-12-20(28-2)21(29-3)13-17(16)14-25/h4-7,12-13,23H,8-11,14H2,1-3H3,(H,24,26). The number of hydrogen-bond acceptors (Lipinski definition) is 5. The van der Waals surface area contributed by atoms with Gasteiger partial charge in [-0.1, -0.05) is 0 Å². The van der Waals surface area contributed by atoms with Gasteiger partial charge in [-0.2, -0.15) is 0 Å². The fraction of sp³-hybridized carbons (Fsp3) is 0.364. The summed E-state index contributed by atoms with van der Waals surface area (Å²) in [6, 6.07) is 11.4. The molecule has 0 saturated heterocycles. The van der Waals surface area contributed by atoms with Gasteiger partial charge < -0.3 is 25.0 Å². The second-order valence-electron chi connectivity index (χ2n) is 6.98. The van der Waals surface area contributed by atoms with Crippen molar-refractivity contribution in [2.24, 2.45) is 0 Å². The molecule has 2 aromatic carbocycles. The zero-order chi connectivity index (χ0) is 20.8. The summed E-state index contributed by atoms with van der Waals surface area (Å²) in [5, 5.41) is 5.98. The first-order valence-corrected chi connectivity index (χ1v) is 9.63. The lowest BCUT2D eigenvalue weighted by Gasteiger charge is -2.29. The highest BCUT2D eigenvalue weighted by atomic mass is 16.5. The van der Waals surface area contributed by atoms with E-state index < -0.39 is 0 Å². The van der Waals surface area contributed by atoms with Crippen LogP contribution in [0, 0.1) is 0 Å². The van der Waals surface area contributed by atoms with Crippen molar-refractivity contribution < 1.29 is 19.1 Å². The number of hydrogen-bond donors (Lipinski definition) is 2. The maximum atomic E-state index is 12.6. The Bertz CT molecular complexity index is 880. The summed E-state index contributed by atoms with van der Waals surface area (Å²) in [4.78, 5) is 25.6. The molecular formula is C22H27N3O4. The van der Waals surface area contributed by atoms with Gasteiger partial charge in [0.1, 0.15) is 0 Å². The van der Waals surface area contributed by atoms with Gasteiger partial charge in [0.25, 0.3) is 0 Å². The van der Waals surface area contributed by atoms with E-state index in [0.29, 0.717) is 31.8 Å². The van der Waals surface area contributed by atoms with Crippen LogP contribution >= 0.6 is 0 Å². The zero-order valence-corrected chi connectivity index (χ0v) is 17.1. The molecule has 1 heterocycles. The van der Waals surface area contributed by atoms with Gasteiger partial charge in [0.05, 0.1) is 14.2 Å². The van der Waals surface area contributed by atoms with E-state index in [1.165, 1.54) is 12.5 Å². The van der Waals surface area contributed by atoms with Gasteiger partial charge in [-0.05, 0) is 53.9 Å². The van der Waals surface area contributed by atoms with Crippen LogP contribution in [0.15, 0.2) is 36.4 Å². The van der Waals surface area contributed by atoms with Crippen LogP contribution in [0.3, 0.4) is 0 Å². The minimum Gasteiger partial charge on any atom is -0.493 e. The van der Waals surface area contributed by atoms with E-state index in [1.807, 2.05) is 41.3 Å². The highest BCUT2D eigenvalue weighted by molar-refractivity contribution is 5.88. The first-order chi connectivity index (χ1) is 14.0. The van der Waals surface area contributed by atoms with Crippen molar-refractivity contribution in [1.29, 1.82) is 0 Å². The molecule has 0 bridgehead atoms. The van der Waals surface area contributed by atoms with E-state index in [0.717, 1.165) is 29.1 Å². The lowest BCUT2D eigenvalue weighted by Crippen LogP contribution is -2.36. The van der Waals surface area contributed by atoms with Crippen molar-refractivity contribution in [2.75, 3.05) is 37.9 Å². The van der Waals surface area contributed by atoms with E-state index >= 15 is 0 Å². The SMILES string of the molecule is COc1cc2c(cc1OC)CN(C(=O)CCNc1ccc(NC(C)=O)cc1)CC2. The largest absolute Gasteiger partial charge is 0.493 e. The number of amides is 2. The third kappa shape index (κ3) is 5.19. The predicted octanol–water partition coefficient (Wildman–Crippen LogP) is 3.05. The first kappa shape index (κ1) is 20.5. The molecule has 0 aliphatic carbocycles. The number of benzene rings is 2. The van der Waals surface area contributed by atoms with Crippen LogP contribution in [-0.4, -0.2) is 44.0 Å². The van der Waals surface area contributed by atoms with E-state index in [4.69, 9.17) is 9.47 Å². The Hall–Kier alpha value is -3.22. The summed E-state index contributed by atoms with van der Waals surface area (Å²) in [6.07, 6.45) is 1.22. The molecule has 0 aromatic heterocycles. The first-order valence-electron chi connectivity index (χ1n) is 9.63. The Kier molecular flexibility index (Phi) is 6.59. The lowest BCUT2D eigenvalue weighted by molar-refractivity contribution is -0.131. The molecular weight excluding hydrogens is 370 g/mol. The monoisotopic (exact) mass is 397 g/mol. The fourth-order valence-corrected chi connectivity index (χ4v) is 3.44. The topological polar surface area (TPSA) is 79.9 Å². The molecule has 2 amide bonds. The molecule has 2 aromatic rings. The fourth-order valence-electron chi connectivity index (χ4n) is 3.44. The zero-order valence-electron chi connectivity index (χ0n) is 17.1. The van der Waals surface area contributed by atoms with E-state index in [1.54, 1.807) is 14.2 Å². The molecule has 0 unspecified atom stereocenters. The molecule has 1 aliphatic heterocycles. The van der Waals surface area contributed by atoms with Gasteiger partial charge >= 0.3 is 0 Å². The van der Waals surface area contributed by atoms with Crippen LogP contribution in [0.4, 0.5) is 11.4 Å². The number of nitrogens with zero attached hydrogens (tertiary/aromatic N) is 1. The summed E-state index contributed by atoms with van der Waals surface area (Å²) >= 11 is 0. The number of rotatable bonds is 7. The Balaban J connectivity index is 1.52. The molecule has 7 nitrogen and oxygen atoms in total. The molecule has 1 aliphatic rings. The Morgan fingerprint density at radius 1 is 1.00 bits per heavy atom. The summed E-state index contributed by atoms with van der Waals surface area (Å²) in [7, 11) is 3.24. The molecule has 154 valence electrons. The van der Waals surface area contributed by atoms with Crippen LogP contribution in [-0.2, 0) is 22.6 Å². The lowest BCUT2D eigenvalue weighted by atomic mass is 9.98. The second kappa shape index (κ2) is 9.32. The van der Waals surface area contributed by atoms with Crippen LogP contribution < -0.4 is 20.1 Å². The summed E-state index contributed by atoms with van der Waals surface area (Å²) in [6.45, 7) is 3.31. The molecule has 2 N–H and O–H groups in total. The van der Waals surface area contributed by atoms with Gasteiger partial charge in [0, 0.05) is 44.4 Å².